The van der Waals surface area contributed by atoms with Gasteiger partial charge in [0.1, 0.15) is 0 Å². The lowest BCUT2D eigenvalue weighted by atomic mass is 9.86. The summed E-state index contributed by atoms with van der Waals surface area (Å²) in [5.41, 5.74) is 5.32. The lowest BCUT2D eigenvalue weighted by Gasteiger charge is -2.21. The zero-order valence-electron chi connectivity index (χ0n) is 15.4. The second-order valence-corrected chi connectivity index (χ2v) is 7.32. The van der Waals surface area contributed by atoms with E-state index in [2.05, 4.69) is 26.8 Å². The number of ether oxygens (including phenoxy) is 2. The number of methoxy groups -OCH3 is 1. The molecule has 1 aliphatic rings. The fourth-order valence-electron chi connectivity index (χ4n) is 3.21. The minimum Gasteiger partial charge on any atom is -0.493 e. The Morgan fingerprint density at radius 3 is 2.58 bits per heavy atom. The first-order chi connectivity index (χ1) is 12.5. The van der Waals surface area contributed by atoms with Gasteiger partial charge in [-0.15, -0.1) is 0 Å². The van der Waals surface area contributed by atoms with E-state index in [1.165, 1.54) is 39.2 Å². The standard InChI is InChI=1S/C19H27BrN2O4/c1-3-26-18-15(20)11-14(12-16(18)25-2)19(24)22-21-17(23)10-9-13-7-5-4-6-8-13/h11-13H,3-10H2,1-2H3,(H,21,23)(H,22,24). The number of halogens is 1. The predicted molar refractivity (Wildman–Crippen MR) is 103 cm³/mol. The van der Waals surface area contributed by atoms with Crippen molar-refractivity contribution in [2.75, 3.05) is 13.7 Å². The Kier molecular flexibility index (Phi) is 8.22. The maximum Gasteiger partial charge on any atom is 0.269 e. The lowest BCUT2D eigenvalue weighted by Crippen LogP contribution is -2.41. The minimum atomic E-state index is -0.405. The molecule has 0 radical (unpaired) electrons. The van der Waals surface area contributed by atoms with Crippen LogP contribution in [0.25, 0.3) is 0 Å². The number of hydrogen-bond acceptors (Lipinski definition) is 4. The summed E-state index contributed by atoms with van der Waals surface area (Å²) in [6, 6.07) is 3.22. The predicted octanol–water partition coefficient (Wildman–Crippen LogP) is 3.98. The van der Waals surface area contributed by atoms with E-state index in [1.54, 1.807) is 12.1 Å². The van der Waals surface area contributed by atoms with E-state index in [4.69, 9.17) is 9.47 Å². The van der Waals surface area contributed by atoms with Gasteiger partial charge < -0.3 is 9.47 Å². The topological polar surface area (TPSA) is 76.7 Å². The largest absolute Gasteiger partial charge is 0.493 e. The van der Waals surface area contributed by atoms with Crippen LogP contribution in [0.15, 0.2) is 16.6 Å². The van der Waals surface area contributed by atoms with Crippen LogP contribution in [-0.4, -0.2) is 25.5 Å². The Balaban J connectivity index is 1.86. The van der Waals surface area contributed by atoms with Crippen LogP contribution in [0.4, 0.5) is 0 Å². The summed E-state index contributed by atoms with van der Waals surface area (Å²) in [6.07, 6.45) is 7.56. The van der Waals surface area contributed by atoms with Crippen LogP contribution in [0.1, 0.15) is 62.2 Å². The fourth-order valence-corrected chi connectivity index (χ4v) is 3.76. The van der Waals surface area contributed by atoms with Crippen molar-refractivity contribution < 1.29 is 19.1 Å². The smallest absolute Gasteiger partial charge is 0.269 e. The lowest BCUT2D eigenvalue weighted by molar-refractivity contribution is -0.122. The summed E-state index contributed by atoms with van der Waals surface area (Å²) in [4.78, 5) is 24.3. The number of carbonyl (C=O) groups excluding carboxylic acids is 2. The van der Waals surface area contributed by atoms with Gasteiger partial charge in [-0.2, -0.15) is 0 Å². The van der Waals surface area contributed by atoms with Crippen molar-refractivity contribution in [1.82, 2.24) is 10.9 Å². The average molecular weight is 427 g/mol. The first-order valence-electron chi connectivity index (χ1n) is 9.14. The van der Waals surface area contributed by atoms with Gasteiger partial charge in [0.15, 0.2) is 11.5 Å². The van der Waals surface area contributed by atoms with Gasteiger partial charge >= 0.3 is 0 Å². The summed E-state index contributed by atoms with van der Waals surface area (Å²) < 4.78 is 11.4. The molecule has 6 nitrogen and oxygen atoms in total. The monoisotopic (exact) mass is 426 g/mol. The molecule has 1 aromatic carbocycles. The van der Waals surface area contributed by atoms with Gasteiger partial charge in [0.05, 0.1) is 18.2 Å². The summed E-state index contributed by atoms with van der Waals surface area (Å²) in [7, 11) is 1.51. The molecule has 1 saturated carbocycles. The number of carbonyl (C=O) groups is 2. The molecule has 0 heterocycles. The minimum absolute atomic E-state index is 0.166. The van der Waals surface area contributed by atoms with Gasteiger partial charge in [-0.05, 0) is 47.3 Å². The van der Waals surface area contributed by atoms with Crippen molar-refractivity contribution in [3.8, 4) is 11.5 Å². The summed E-state index contributed by atoms with van der Waals surface area (Å²) in [5, 5.41) is 0. The van der Waals surface area contributed by atoms with Gasteiger partial charge in [0.25, 0.3) is 5.91 Å². The Hall–Kier alpha value is -1.76. The third-order valence-electron chi connectivity index (χ3n) is 4.60. The Morgan fingerprint density at radius 1 is 1.19 bits per heavy atom. The van der Waals surface area contributed by atoms with Crippen molar-refractivity contribution >= 4 is 27.7 Å². The highest BCUT2D eigenvalue weighted by Crippen LogP contribution is 2.36. The highest BCUT2D eigenvalue weighted by Gasteiger charge is 2.17. The summed E-state index contributed by atoms with van der Waals surface area (Å²) >= 11 is 3.38. The van der Waals surface area contributed by atoms with E-state index >= 15 is 0 Å². The van der Waals surface area contributed by atoms with Crippen LogP contribution in [0.5, 0.6) is 11.5 Å². The second-order valence-electron chi connectivity index (χ2n) is 6.47. The van der Waals surface area contributed by atoms with Crippen molar-refractivity contribution in [3.05, 3.63) is 22.2 Å². The van der Waals surface area contributed by atoms with Gasteiger partial charge in [0, 0.05) is 12.0 Å². The molecule has 0 saturated heterocycles. The number of hydrogen-bond donors (Lipinski definition) is 2. The molecule has 7 heteroatoms. The number of benzene rings is 1. The molecular weight excluding hydrogens is 400 g/mol. The molecule has 0 spiro atoms. The van der Waals surface area contributed by atoms with Crippen LogP contribution in [0.2, 0.25) is 0 Å². The zero-order chi connectivity index (χ0) is 18.9. The summed E-state index contributed by atoms with van der Waals surface area (Å²) in [6.45, 7) is 2.35. The van der Waals surface area contributed by atoms with Gasteiger partial charge in [-0.1, -0.05) is 32.1 Å². The van der Waals surface area contributed by atoms with Crippen molar-refractivity contribution in [3.63, 3.8) is 0 Å². The quantitative estimate of drug-likeness (QED) is 0.646. The Bertz CT molecular complexity index is 630. The second kappa shape index (κ2) is 10.4. The number of amides is 2. The molecule has 2 N–H and O–H groups in total. The SMILES string of the molecule is CCOc1c(Br)cc(C(=O)NNC(=O)CCC2CCCCC2)cc1OC. The van der Waals surface area contributed by atoms with Crippen LogP contribution >= 0.6 is 15.9 Å². The Labute approximate surface area is 163 Å². The molecule has 1 aromatic rings. The number of rotatable bonds is 7. The molecule has 1 aliphatic carbocycles. The molecule has 0 atom stereocenters. The zero-order valence-corrected chi connectivity index (χ0v) is 17.0. The van der Waals surface area contributed by atoms with Gasteiger partial charge in [-0.3, -0.25) is 20.4 Å². The van der Waals surface area contributed by atoms with Crippen molar-refractivity contribution in [2.45, 2.75) is 51.9 Å². The maximum atomic E-state index is 12.3. The number of hydrazine groups is 1. The Morgan fingerprint density at radius 2 is 1.92 bits per heavy atom. The first-order valence-corrected chi connectivity index (χ1v) is 9.94. The molecule has 0 aromatic heterocycles. The molecule has 144 valence electrons. The van der Waals surface area contributed by atoms with Crippen molar-refractivity contribution in [1.29, 1.82) is 0 Å². The van der Waals surface area contributed by atoms with E-state index in [0.717, 1.165) is 6.42 Å². The van der Waals surface area contributed by atoms with E-state index in [0.29, 0.717) is 40.5 Å². The average Bonchev–Trinajstić information content (AvgIpc) is 2.66. The molecule has 0 unspecified atom stereocenters. The number of nitrogens with one attached hydrogen (secondary N) is 2. The normalized spacial score (nSPS) is 14.6. The van der Waals surface area contributed by atoms with Gasteiger partial charge in [0.2, 0.25) is 5.91 Å². The highest BCUT2D eigenvalue weighted by atomic mass is 79.9. The molecule has 2 amide bonds. The van der Waals surface area contributed by atoms with Crippen LogP contribution in [0, 0.1) is 5.92 Å². The van der Waals surface area contributed by atoms with E-state index in [9.17, 15) is 9.59 Å². The van der Waals surface area contributed by atoms with E-state index in [1.807, 2.05) is 6.92 Å². The maximum absolute atomic E-state index is 12.3. The van der Waals surface area contributed by atoms with E-state index < -0.39 is 5.91 Å². The van der Waals surface area contributed by atoms with E-state index in [-0.39, 0.29) is 5.91 Å². The first kappa shape index (κ1) is 20.6. The third kappa shape index (κ3) is 5.90. The highest BCUT2D eigenvalue weighted by molar-refractivity contribution is 9.10. The molecule has 2 rings (SSSR count). The van der Waals surface area contributed by atoms with Crippen LogP contribution < -0.4 is 20.3 Å². The van der Waals surface area contributed by atoms with Crippen LogP contribution in [-0.2, 0) is 4.79 Å². The molecule has 26 heavy (non-hydrogen) atoms. The molecular formula is C19H27BrN2O4. The van der Waals surface area contributed by atoms with Gasteiger partial charge in [-0.25, -0.2) is 0 Å². The van der Waals surface area contributed by atoms with Crippen LogP contribution in [0.3, 0.4) is 0 Å². The molecule has 1 fully saturated rings. The molecule has 0 bridgehead atoms. The third-order valence-corrected chi connectivity index (χ3v) is 5.19. The van der Waals surface area contributed by atoms with Crippen molar-refractivity contribution in [2.24, 2.45) is 5.92 Å². The fraction of sp³-hybridized carbons (Fsp3) is 0.579. The summed E-state index contributed by atoms with van der Waals surface area (Å²) in [5.74, 6) is 1.06. The molecule has 0 aliphatic heterocycles.